The molecule has 0 saturated heterocycles. The molecule has 0 fully saturated rings. The molecule has 0 atom stereocenters. The molecule has 2 aromatic rings. The summed E-state index contributed by atoms with van der Waals surface area (Å²) >= 11 is 0. The van der Waals surface area contributed by atoms with E-state index >= 15 is 0 Å². The zero-order chi connectivity index (χ0) is 11.5. The predicted octanol–water partition coefficient (Wildman–Crippen LogP) is 2.33. The second-order valence-electron chi connectivity index (χ2n) is 3.26. The first-order chi connectivity index (χ1) is 7.72. The highest BCUT2D eigenvalue weighted by Gasteiger charge is 2.11. The Bertz CT molecular complexity index is 537. The second kappa shape index (κ2) is 4.18. The molecule has 0 spiro atoms. The molecular weight excluding hydrogens is 206 g/mol. The molecule has 0 aliphatic rings. The number of hydrogen-bond donors (Lipinski definition) is 1. The second-order valence-corrected chi connectivity index (χ2v) is 3.26. The molecule has 4 heteroatoms. The molecule has 0 aliphatic carbocycles. The van der Waals surface area contributed by atoms with Gasteiger partial charge in [-0.05, 0) is 13.0 Å². The van der Waals surface area contributed by atoms with Crippen LogP contribution in [-0.2, 0) is 0 Å². The number of rotatable bonds is 3. The van der Waals surface area contributed by atoms with Gasteiger partial charge in [0.1, 0.15) is 0 Å². The summed E-state index contributed by atoms with van der Waals surface area (Å²) in [6.45, 7) is 2.29. The number of para-hydroxylation sites is 1. The number of fused-ring (bicyclic) bond motifs is 1. The Morgan fingerprint density at radius 3 is 2.88 bits per heavy atom. The molecule has 0 amide bonds. The highest BCUT2D eigenvalue weighted by atomic mass is 16.5. The van der Waals surface area contributed by atoms with Crippen molar-refractivity contribution in [2.24, 2.45) is 0 Å². The number of carboxylic acids is 1. The van der Waals surface area contributed by atoms with Gasteiger partial charge in [0.05, 0.1) is 17.7 Å². The minimum Gasteiger partial charge on any atom is -0.478 e. The van der Waals surface area contributed by atoms with Crippen molar-refractivity contribution in [1.82, 2.24) is 4.98 Å². The lowest BCUT2D eigenvalue weighted by Crippen LogP contribution is -2.02. The SMILES string of the molecule is CCOc1cc(C(=O)O)c2ccccc2n1. The van der Waals surface area contributed by atoms with Gasteiger partial charge >= 0.3 is 5.97 Å². The molecule has 0 aliphatic heterocycles. The summed E-state index contributed by atoms with van der Waals surface area (Å²) in [4.78, 5) is 15.3. The van der Waals surface area contributed by atoms with Gasteiger partial charge in [-0.1, -0.05) is 18.2 Å². The van der Waals surface area contributed by atoms with Crippen molar-refractivity contribution in [3.63, 3.8) is 0 Å². The molecule has 1 heterocycles. The summed E-state index contributed by atoms with van der Waals surface area (Å²) in [6, 6.07) is 8.56. The van der Waals surface area contributed by atoms with Crippen LogP contribution in [0.5, 0.6) is 5.88 Å². The minimum absolute atomic E-state index is 0.217. The summed E-state index contributed by atoms with van der Waals surface area (Å²) in [5.74, 6) is -0.627. The Kier molecular flexibility index (Phi) is 2.72. The molecule has 1 aromatic carbocycles. The molecule has 1 N–H and O–H groups in total. The van der Waals surface area contributed by atoms with Gasteiger partial charge in [0.25, 0.3) is 0 Å². The average molecular weight is 217 g/mol. The zero-order valence-corrected chi connectivity index (χ0v) is 8.80. The molecule has 82 valence electrons. The molecule has 1 aromatic heterocycles. The number of benzene rings is 1. The van der Waals surface area contributed by atoms with E-state index in [1.54, 1.807) is 18.2 Å². The molecule has 2 rings (SSSR count). The third-order valence-corrected chi connectivity index (χ3v) is 2.22. The first kappa shape index (κ1) is 10.4. The Morgan fingerprint density at radius 1 is 1.44 bits per heavy atom. The van der Waals surface area contributed by atoms with Crippen molar-refractivity contribution in [1.29, 1.82) is 0 Å². The van der Waals surface area contributed by atoms with E-state index < -0.39 is 5.97 Å². The summed E-state index contributed by atoms with van der Waals surface area (Å²) < 4.78 is 5.23. The Hall–Kier alpha value is -2.10. The van der Waals surface area contributed by atoms with Crippen LogP contribution in [0.15, 0.2) is 30.3 Å². The maximum absolute atomic E-state index is 11.1. The van der Waals surface area contributed by atoms with Crippen molar-refractivity contribution in [2.75, 3.05) is 6.61 Å². The van der Waals surface area contributed by atoms with Gasteiger partial charge in [-0.2, -0.15) is 0 Å². The maximum atomic E-state index is 11.1. The molecule has 0 unspecified atom stereocenters. The van der Waals surface area contributed by atoms with Gasteiger partial charge in [-0.25, -0.2) is 9.78 Å². The van der Waals surface area contributed by atoms with Crippen molar-refractivity contribution < 1.29 is 14.6 Å². The molecule has 0 bridgehead atoms. The smallest absolute Gasteiger partial charge is 0.336 e. The van der Waals surface area contributed by atoms with E-state index in [9.17, 15) is 4.79 Å². The van der Waals surface area contributed by atoms with Crippen LogP contribution in [-0.4, -0.2) is 22.7 Å². The largest absolute Gasteiger partial charge is 0.478 e. The number of nitrogens with zero attached hydrogens (tertiary/aromatic N) is 1. The first-order valence-corrected chi connectivity index (χ1v) is 4.98. The van der Waals surface area contributed by atoms with E-state index in [0.717, 1.165) is 0 Å². The van der Waals surface area contributed by atoms with Crippen LogP contribution in [0.4, 0.5) is 0 Å². The molecule has 0 saturated carbocycles. The average Bonchev–Trinajstić information content (AvgIpc) is 2.28. The Morgan fingerprint density at radius 2 is 2.19 bits per heavy atom. The summed E-state index contributed by atoms with van der Waals surface area (Å²) in [6.07, 6.45) is 0. The fraction of sp³-hybridized carbons (Fsp3) is 0.167. The number of ether oxygens (including phenoxy) is 1. The van der Waals surface area contributed by atoms with Crippen LogP contribution >= 0.6 is 0 Å². The van der Waals surface area contributed by atoms with Crippen molar-refractivity contribution >= 4 is 16.9 Å². The van der Waals surface area contributed by atoms with Crippen LogP contribution in [0, 0.1) is 0 Å². The van der Waals surface area contributed by atoms with E-state index in [1.807, 2.05) is 13.0 Å². The Balaban J connectivity index is 2.68. The van der Waals surface area contributed by atoms with E-state index in [-0.39, 0.29) is 5.56 Å². The van der Waals surface area contributed by atoms with Crippen molar-refractivity contribution in [3.8, 4) is 5.88 Å². The molecule has 16 heavy (non-hydrogen) atoms. The van der Waals surface area contributed by atoms with Crippen molar-refractivity contribution in [3.05, 3.63) is 35.9 Å². The molecular formula is C12H11NO3. The number of hydrogen-bond acceptors (Lipinski definition) is 3. The highest BCUT2D eigenvalue weighted by Crippen LogP contribution is 2.21. The van der Waals surface area contributed by atoms with E-state index in [2.05, 4.69) is 4.98 Å². The standard InChI is InChI=1S/C12H11NO3/c1-2-16-11-7-9(12(14)15)8-5-3-4-6-10(8)13-11/h3-7H,2H2,1H3,(H,14,15). The summed E-state index contributed by atoms with van der Waals surface area (Å²) in [5, 5.41) is 9.72. The van der Waals surface area contributed by atoms with E-state index in [4.69, 9.17) is 9.84 Å². The van der Waals surface area contributed by atoms with Crippen LogP contribution in [0.3, 0.4) is 0 Å². The first-order valence-electron chi connectivity index (χ1n) is 4.98. The van der Waals surface area contributed by atoms with Crippen LogP contribution in [0.1, 0.15) is 17.3 Å². The summed E-state index contributed by atoms with van der Waals surface area (Å²) in [5.41, 5.74) is 0.847. The highest BCUT2D eigenvalue weighted by molar-refractivity contribution is 6.02. The molecule has 4 nitrogen and oxygen atoms in total. The monoisotopic (exact) mass is 217 g/mol. The third kappa shape index (κ3) is 1.82. The number of carboxylic acid groups (broad SMARTS) is 1. The fourth-order valence-corrected chi connectivity index (χ4v) is 1.55. The third-order valence-electron chi connectivity index (χ3n) is 2.22. The lowest BCUT2D eigenvalue weighted by molar-refractivity contribution is 0.0698. The van der Waals surface area contributed by atoms with Gasteiger partial charge in [-0.3, -0.25) is 0 Å². The van der Waals surface area contributed by atoms with E-state index in [1.165, 1.54) is 6.07 Å². The normalized spacial score (nSPS) is 10.3. The number of carbonyl (C=O) groups is 1. The molecule has 0 radical (unpaired) electrons. The lowest BCUT2D eigenvalue weighted by atomic mass is 10.1. The van der Waals surface area contributed by atoms with Crippen LogP contribution in [0.25, 0.3) is 10.9 Å². The quantitative estimate of drug-likeness (QED) is 0.857. The van der Waals surface area contributed by atoms with E-state index in [0.29, 0.717) is 23.4 Å². The number of aromatic carboxylic acids is 1. The van der Waals surface area contributed by atoms with Gasteiger partial charge < -0.3 is 9.84 Å². The lowest BCUT2D eigenvalue weighted by Gasteiger charge is -2.06. The predicted molar refractivity (Wildman–Crippen MR) is 59.9 cm³/mol. The van der Waals surface area contributed by atoms with Crippen LogP contribution in [0.2, 0.25) is 0 Å². The van der Waals surface area contributed by atoms with Gasteiger partial charge in [0, 0.05) is 11.5 Å². The van der Waals surface area contributed by atoms with Crippen molar-refractivity contribution in [2.45, 2.75) is 6.92 Å². The number of pyridine rings is 1. The summed E-state index contributed by atoms with van der Waals surface area (Å²) in [7, 11) is 0. The van der Waals surface area contributed by atoms with Gasteiger partial charge in [-0.15, -0.1) is 0 Å². The minimum atomic E-state index is -0.973. The zero-order valence-electron chi connectivity index (χ0n) is 8.80. The number of aromatic nitrogens is 1. The van der Waals surface area contributed by atoms with Crippen LogP contribution < -0.4 is 4.74 Å². The maximum Gasteiger partial charge on any atom is 0.336 e. The fourth-order valence-electron chi connectivity index (χ4n) is 1.55. The Labute approximate surface area is 92.5 Å². The topological polar surface area (TPSA) is 59.4 Å². The van der Waals surface area contributed by atoms with Gasteiger partial charge in [0.15, 0.2) is 0 Å². The van der Waals surface area contributed by atoms with Gasteiger partial charge in [0.2, 0.25) is 5.88 Å².